The van der Waals surface area contributed by atoms with Gasteiger partial charge in [0, 0.05) is 29.6 Å². The van der Waals surface area contributed by atoms with Crippen molar-refractivity contribution in [2.45, 2.75) is 87.0 Å². The molecular weight excluding hydrogens is 468 g/mol. The summed E-state index contributed by atoms with van der Waals surface area (Å²) in [5, 5.41) is 5.91. The summed E-state index contributed by atoms with van der Waals surface area (Å²) in [4.78, 5) is 43.6. The average Bonchev–Trinajstić information content (AvgIpc) is 3.28. The largest absolute Gasteiger partial charge is 0.361 e. The van der Waals surface area contributed by atoms with Gasteiger partial charge >= 0.3 is 0 Å². The fourth-order valence-electron chi connectivity index (χ4n) is 5.78. The Labute approximate surface area is 204 Å². The average molecular weight is 501 g/mol. The molecule has 10 heteroatoms. The number of β-lactam (4-membered cyclic amide) rings is 1. The molecule has 3 fully saturated rings. The second kappa shape index (κ2) is 8.65. The van der Waals surface area contributed by atoms with Crippen molar-refractivity contribution in [1.82, 2.24) is 20.5 Å². The summed E-state index contributed by atoms with van der Waals surface area (Å²) in [5.74, 6) is -1.26. The first-order valence-corrected chi connectivity index (χ1v) is 13.9. The van der Waals surface area contributed by atoms with Crippen LogP contribution in [0.5, 0.6) is 0 Å². The van der Waals surface area contributed by atoms with Gasteiger partial charge in [-0.3, -0.25) is 14.4 Å². The SMILES string of the molecule is CC1(C)[C@H](C(=O)N[C@H](Cc2c[nH]c3ccccc23)C(=O)NC2CCCCC2)N2C(=O)C[C@@H]2S1(=O)=O. The zero-order chi connectivity index (χ0) is 25.0. The zero-order valence-electron chi connectivity index (χ0n) is 20.0. The molecule has 188 valence electrons. The lowest BCUT2D eigenvalue weighted by Gasteiger charge is -2.37. The van der Waals surface area contributed by atoms with Crippen molar-refractivity contribution in [2.24, 2.45) is 0 Å². The molecule has 1 aromatic heterocycles. The van der Waals surface area contributed by atoms with Gasteiger partial charge in [-0.1, -0.05) is 37.5 Å². The number of hydrogen-bond acceptors (Lipinski definition) is 5. The van der Waals surface area contributed by atoms with Crippen molar-refractivity contribution in [3.63, 3.8) is 0 Å². The molecule has 0 bridgehead atoms. The van der Waals surface area contributed by atoms with Crippen LogP contribution in [-0.2, 0) is 30.6 Å². The number of H-pyrrole nitrogens is 1. The van der Waals surface area contributed by atoms with Crippen LogP contribution in [0.25, 0.3) is 10.9 Å². The molecule has 2 aromatic rings. The van der Waals surface area contributed by atoms with E-state index in [-0.39, 0.29) is 30.7 Å². The van der Waals surface area contributed by atoms with E-state index in [0.717, 1.165) is 48.6 Å². The molecule has 3 heterocycles. The number of fused-ring (bicyclic) bond motifs is 2. The maximum Gasteiger partial charge on any atom is 0.245 e. The van der Waals surface area contributed by atoms with E-state index in [0.29, 0.717) is 0 Å². The van der Waals surface area contributed by atoms with E-state index in [1.165, 1.54) is 18.7 Å². The molecule has 1 saturated carbocycles. The van der Waals surface area contributed by atoms with Gasteiger partial charge in [-0.25, -0.2) is 8.42 Å². The number of sulfone groups is 1. The van der Waals surface area contributed by atoms with E-state index in [9.17, 15) is 22.8 Å². The highest BCUT2D eigenvalue weighted by molar-refractivity contribution is 7.93. The normalized spacial score (nSPS) is 26.1. The minimum Gasteiger partial charge on any atom is -0.361 e. The predicted octanol–water partition coefficient (Wildman–Crippen LogP) is 1.78. The molecule has 0 unspecified atom stereocenters. The number of carbonyl (C=O) groups excluding carboxylic acids is 3. The maximum absolute atomic E-state index is 13.5. The first-order chi connectivity index (χ1) is 16.6. The molecule has 3 aliphatic rings. The van der Waals surface area contributed by atoms with Crippen LogP contribution in [0, 0.1) is 0 Å². The molecule has 0 radical (unpaired) electrons. The van der Waals surface area contributed by atoms with E-state index in [2.05, 4.69) is 15.6 Å². The lowest BCUT2D eigenvalue weighted by Crippen LogP contribution is -2.62. The van der Waals surface area contributed by atoms with Gasteiger partial charge in [0.1, 0.15) is 17.5 Å². The zero-order valence-corrected chi connectivity index (χ0v) is 20.9. The number of carbonyl (C=O) groups is 3. The number of para-hydroxylation sites is 1. The van der Waals surface area contributed by atoms with Crippen LogP contribution >= 0.6 is 0 Å². The summed E-state index contributed by atoms with van der Waals surface area (Å²) in [6, 6.07) is 5.70. The van der Waals surface area contributed by atoms with Crippen molar-refractivity contribution in [3.8, 4) is 0 Å². The molecule has 2 aliphatic heterocycles. The predicted molar refractivity (Wildman–Crippen MR) is 131 cm³/mol. The van der Waals surface area contributed by atoms with Gasteiger partial charge in [-0.2, -0.15) is 0 Å². The second-order valence-electron chi connectivity index (χ2n) is 10.5. The monoisotopic (exact) mass is 500 g/mol. The summed E-state index contributed by atoms with van der Waals surface area (Å²) < 4.78 is 24.5. The Kier molecular flexibility index (Phi) is 5.89. The van der Waals surface area contributed by atoms with Crippen LogP contribution in [0.1, 0.15) is 57.9 Å². The molecule has 5 rings (SSSR count). The minimum absolute atomic E-state index is 0.0586. The first-order valence-electron chi connectivity index (χ1n) is 12.3. The minimum atomic E-state index is -3.71. The van der Waals surface area contributed by atoms with Gasteiger partial charge in [0.05, 0.1) is 11.2 Å². The Bertz CT molecular complexity index is 1280. The Morgan fingerprint density at radius 3 is 2.60 bits per heavy atom. The summed E-state index contributed by atoms with van der Waals surface area (Å²) >= 11 is 0. The molecule has 2 saturated heterocycles. The Hall–Kier alpha value is -2.88. The number of benzene rings is 1. The smallest absolute Gasteiger partial charge is 0.245 e. The van der Waals surface area contributed by atoms with E-state index in [4.69, 9.17) is 0 Å². The number of rotatable bonds is 6. The Balaban J connectivity index is 1.41. The van der Waals surface area contributed by atoms with Crippen molar-refractivity contribution in [2.75, 3.05) is 0 Å². The highest BCUT2D eigenvalue weighted by Crippen LogP contribution is 2.45. The molecule has 9 nitrogen and oxygen atoms in total. The van der Waals surface area contributed by atoms with Gasteiger partial charge in [-0.15, -0.1) is 0 Å². The molecule has 1 aliphatic carbocycles. The number of amides is 3. The fraction of sp³-hybridized carbons (Fsp3) is 0.560. The number of aromatic amines is 1. The van der Waals surface area contributed by atoms with Crippen molar-refractivity contribution >= 4 is 38.5 Å². The first kappa shape index (κ1) is 23.8. The van der Waals surface area contributed by atoms with Crippen LogP contribution in [0.2, 0.25) is 0 Å². The standard InChI is InChI=1S/C25H32N4O5S/c1-25(2)22(29-20(30)13-21(29)35(25,33)34)24(32)28-19(23(31)27-16-8-4-3-5-9-16)12-15-14-26-18-11-7-6-10-17(15)18/h6-7,10-11,14,16,19,21-22,26H,3-5,8-9,12-13H2,1-2H3,(H,27,31)(H,28,32)/t19-,21+,22+/m1/s1. The third-order valence-electron chi connectivity index (χ3n) is 7.91. The highest BCUT2D eigenvalue weighted by Gasteiger charge is 2.67. The quantitative estimate of drug-likeness (QED) is 0.521. The maximum atomic E-state index is 13.5. The number of nitrogens with one attached hydrogen (secondary N) is 3. The van der Waals surface area contributed by atoms with Crippen molar-refractivity contribution in [1.29, 1.82) is 0 Å². The molecule has 0 spiro atoms. The van der Waals surface area contributed by atoms with Crippen molar-refractivity contribution in [3.05, 3.63) is 36.0 Å². The molecular formula is C25H32N4O5S. The Morgan fingerprint density at radius 1 is 1.17 bits per heavy atom. The number of hydrogen-bond donors (Lipinski definition) is 3. The fourth-order valence-corrected chi connectivity index (χ4v) is 7.92. The van der Waals surface area contributed by atoms with Crippen LogP contribution in [0.15, 0.2) is 30.5 Å². The third-order valence-corrected chi connectivity index (χ3v) is 10.7. The van der Waals surface area contributed by atoms with Gasteiger partial charge < -0.3 is 20.5 Å². The van der Waals surface area contributed by atoms with Crippen LogP contribution < -0.4 is 10.6 Å². The van der Waals surface area contributed by atoms with E-state index in [1.54, 1.807) is 0 Å². The number of nitrogens with zero attached hydrogens (tertiary/aromatic N) is 1. The summed E-state index contributed by atoms with van der Waals surface area (Å²) in [6.07, 6.45) is 7.03. The van der Waals surface area contributed by atoms with Gasteiger partial charge in [-0.05, 0) is 38.3 Å². The number of aromatic nitrogens is 1. The van der Waals surface area contributed by atoms with Gasteiger partial charge in [0.25, 0.3) is 0 Å². The summed E-state index contributed by atoms with van der Waals surface area (Å²) in [5.41, 5.74) is 1.80. The van der Waals surface area contributed by atoms with Crippen molar-refractivity contribution < 1.29 is 22.8 Å². The topological polar surface area (TPSA) is 128 Å². The Morgan fingerprint density at radius 2 is 1.89 bits per heavy atom. The lowest BCUT2D eigenvalue weighted by molar-refractivity contribution is -0.150. The highest BCUT2D eigenvalue weighted by atomic mass is 32.2. The summed E-state index contributed by atoms with van der Waals surface area (Å²) in [6.45, 7) is 2.96. The lowest BCUT2D eigenvalue weighted by atomic mass is 9.94. The van der Waals surface area contributed by atoms with E-state index < -0.39 is 37.9 Å². The van der Waals surface area contributed by atoms with Crippen LogP contribution in [-0.4, -0.2) is 64.3 Å². The molecule has 3 N–H and O–H groups in total. The van der Waals surface area contributed by atoms with Crippen LogP contribution in [0.4, 0.5) is 0 Å². The second-order valence-corrected chi connectivity index (χ2v) is 13.2. The van der Waals surface area contributed by atoms with E-state index in [1.807, 2.05) is 30.5 Å². The molecule has 35 heavy (non-hydrogen) atoms. The summed E-state index contributed by atoms with van der Waals surface area (Å²) in [7, 11) is -3.71. The molecule has 3 atom stereocenters. The van der Waals surface area contributed by atoms with Gasteiger partial charge in [0.15, 0.2) is 9.84 Å². The van der Waals surface area contributed by atoms with Crippen LogP contribution in [0.3, 0.4) is 0 Å². The molecule has 3 amide bonds. The van der Waals surface area contributed by atoms with Gasteiger partial charge in [0.2, 0.25) is 17.7 Å². The molecule has 1 aromatic carbocycles. The third kappa shape index (κ3) is 3.91. The van der Waals surface area contributed by atoms with E-state index >= 15 is 0 Å².